The lowest BCUT2D eigenvalue weighted by Crippen LogP contribution is -1.88. The van der Waals surface area contributed by atoms with Crippen LogP contribution < -0.4 is 0 Å². The van der Waals surface area contributed by atoms with Gasteiger partial charge in [0.1, 0.15) is 11.4 Å². The van der Waals surface area contributed by atoms with Gasteiger partial charge in [0.2, 0.25) is 0 Å². The number of carbonyl (C=O) groups is 1. The maximum Gasteiger partial charge on any atom is 0.163 e. The van der Waals surface area contributed by atoms with Crippen molar-refractivity contribution in [1.82, 2.24) is 14.6 Å². The predicted molar refractivity (Wildman–Crippen MR) is 57.7 cm³/mol. The van der Waals surface area contributed by atoms with Gasteiger partial charge in [-0.1, -0.05) is 23.8 Å². The average molecular weight is 222 g/mol. The van der Waals surface area contributed by atoms with Gasteiger partial charge in [0.25, 0.3) is 0 Å². The van der Waals surface area contributed by atoms with E-state index in [9.17, 15) is 4.79 Å². The molecule has 0 fully saturated rings. The molecular weight excluding hydrogens is 214 g/mol. The molecule has 0 aliphatic heterocycles. The third kappa shape index (κ3) is 2.05. The molecule has 0 spiro atoms. The quantitative estimate of drug-likeness (QED) is 0.588. The van der Waals surface area contributed by atoms with E-state index in [1.54, 1.807) is 35.1 Å². The summed E-state index contributed by atoms with van der Waals surface area (Å²) in [7, 11) is 0. The van der Waals surface area contributed by atoms with E-state index in [1.807, 2.05) is 0 Å². The summed E-state index contributed by atoms with van der Waals surface area (Å²) < 4.78 is 1.63. The Balaban J connectivity index is 2.43. The lowest BCUT2D eigenvalue weighted by Gasteiger charge is -1.93. The van der Waals surface area contributed by atoms with Gasteiger partial charge in [0.05, 0.1) is 6.20 Å². The summed E-state index contributed by atoms with van der Waals surface area (Å²) in [6.07, 6.45) is 8.20. The van der Waals surface area contributed by atoms with Gasteiger partial charge < -0.3 is 4.79 Å². The first-order chi connectivity index (χ1) is 7.31. The Bertz CT molecular complexity index is 518. The monoisotopic (exact) mass is 221 g/mol. The second kappa shape index (κ2) is 4.23. The first kappa shape index (κ1) is 9.86. The Morgan fingerprint density at radius 2 is 2.40 bits per heavy atom. The van der Waals surface area contributed by atoms with Gasteiger partial charge in [-0.3, -0.25) is 0 Å². The zero-order chi connectivity index (χ0) is 10.7. The SMILES string of the molecule is O=CCC=Cc1cnn2ccc(Cl)nc12. The highest BCUT2D eigenvalue weighted by Gasteiger charge is 2.02. The van der Waals surface area contributed by atoms with Gasteiger partial charge in [-0.2, -0.15) is 5.10 Å². The Labute approximate surface area is 91.2 Å². The summed E-state index contributed by atoms with van der Waals surface area (Å²) >= 11 is 5.78. The number of fused-ring (bicyclic) bond motifs is 1. The molecule has 5 heteroatoms. The fourth-order valence-corrected chi connectivity index (χ4v) is 1.37. The molecule has 2 aromatic rings. The summed E-state index contributed by atoms with van der Waals surface area (Å²) in [5.41, 5.74) is 1.53. The zero-order valence-electron chi connectivity index (χ0n) is 7.80. The lowest BCUT2D eigenvalue weighted by atomic mass is 10.3. The number of hydrogen-bond donors (Lipinski definition) is 0. The minimum Gasteiger partial charge on any atom is -0.303 e. The molecule has 2 heterocycles. The first-order valence-corrected chi connectivity index (χ1v) is 4.79. The van der Waals surface area contributed by atoms with E-state index in [1.165, 1.54) is 0 Å². The smallest absolute Gasteiger partial charge is 0.163 e. The maximum absolute atomic E-state index is 10.1. The Morgan fingerprint density at radius 3 is 3.20 bits per heavy atom. The molecule has 0 saturated carbocycles. The molecule has 76 valence electrons. The van der Waals surface area contributed by atoms with Gasteiger partial charge in [-0.05, 0) is 6.07 Å². The van der Waals surface area contributed by atoms with E-state index in [4.69, 9.17) is 11.6 Å². The van der Waals surface area contributed by atoms with Crippen molar-refractivity contribution in [2.45, 2.75) is 6.42 Å². The number of nitrogens with zero attached hydrogens (tertiary/aromatic N) is 3. The van der Waals surface area contributed by atoms with Gasteiger partial charge in [0.15, 0.2) is 5.65 Å². The normalized spacial score (nSPS) is 11.3. The van der Waals surface area contributed by atoms with Crippen molar-refractivity contribution in [2.24, 2.45) is 0 Å². The molecule has 0 atom stereocenters. The Hall–Kier alpha value is -1.68. The molecule has 0 aliphatic rings. The van der Waals surface area contributed by atoms with Crippen LogP contribution in [0.25, 0.3) is 11.7 Å². The number of aldehydes is 1. The van der Waals surface area contributed by atoms with Crippen LogP contribution in [0.3, 0.4) is 0 Å². The number of allylic oxidation sites excluding steroid dienone is 1. The number of carbonyl (C=O) groups excluding carboxylic acids is 1. The van der Waals surface area contributed by atoms with E-state index in [2.05, 4.69) is 10.1 Å². The van der Waals surface area contributed by atoms with Gasteiger partial charge in [-0.25, -0.2) is 9.50 Å². The van der Waals surface area contributed by atoms with Crippen molar-refractivity contribution >= 4 is 29.6 Å². The summed E-state index contributed by atoms with van der Waals surface area (Å²) in [6.45, 7) is 0. The van der Waals surface area contributed by atoms with E-state index in [0.29, 0.717) is 17.2 Å². The third-order valence-electron chi connectivity index (χ3n) is 1.89. The van der Waals surface area contributed by atoms with Crippen molar-refractivity contribution in [3.05, 3.63) is 35.3 Å². The van der Waals surface area contributed by atoms with Crippen LogP contribution in [0.1, 0.15) is 12.0 Å². The molecule has 0 unspecified atom stereocenters. The zero-order valence-corrected chi connectivity index (χ0v) is 8.55. The lowest BCUT2D eigenvalue weighted by molar-refractivity contribution is -0.107. The highest BCUT2D eigenvalue weighted by Crippen LogP contribution is 2.12. The topological polar surface area (TPSA) is 47.3 Å². The van der Waals surface area contributed by atoms with Crippen LogP contribution in [-0.4, -0.2) is 20.9 Å². The highest BCUT2D eigenvalue weighted by atomic mass is 35.5. The van der Waals surface area contributed by atoms with Gasteiger partial charge in [-0.15, -0.1) is 0 Å². The molecule has 0 N–H and O–H groups in total. The Morgan fingerprint density at radius 1 is 1.53 bits per heavy atom. The van der Waals surface area contributed by atoms with Crippen molar-refractivity contribution in [3.63, 3.8) is 0 Å². The number of halogens is 1. The molecule has 15 heavy (non-hydrogen) atoms. The van der Waals surface area contributed by atoms with Crippen molar-refractivity contribution in [2.75, 3.05) is 0 Å². The molecule has 0 saturated heterocycles. The molecule has 0 amide bonds. The summed E-state index contributed by atoms with van der Waals surface area (Å²) in [6, 6.07) is 1.67. The highest BCUT2D eigenvalue weighted by molar-refractivity contribution is 6.29. The summed E-state index contributed by atoms with van der Waals surface area (Å²) in [5.74, 6) is 0. The van der Waals surface area contributed by atoms with Crippen LogP contribution in [0, 0.1) is 0 Å². The van der Waals surface area contributed by atoms with Gasteiger partial charge >= 0.3 is 0 Å². The molecule has 0 aliphatic carbocycles. The standard InChI is InChI=1S/C10H8ClN3O/c11-9-4-5-14-10(13-9)8(7-12-14)3-1-2-6-15/h1,3-7H,2H2. The fourth-order valence-electron chi connectivity index (χ4n) is 1.23. The van der Waals surface area contributed by atoms with Crippen molar-refractivity contribution in [1.29, 1.82) is 0 Å². The average Bonchev–Trinajstić information content (AvgIpc) is 2.62. The number of aromatic nitrogens is 3. The van der Waals surface area contributed by atoms with Crippen LogP contribution in [-0.2, 0) is 4.79 Å². The molecular formula is C10H8ClN3O. The second-order valence-electron chi connectivity index (χ2n) is 2.92. The molecule has 4 nitrogen and oxygen atoms in total. The number of rotatable bonds is 3. The Kier molecular flexibility index (Phi) is 2.78. The van der Waals surface area contributed by atoms with Crippen molar-refractivity contribution < 1.29 is 4.79 Å². The third-order valence-corrected chi connectivity index (χ3v) is 2.10. The molecule has 2 aromatic heterocycles. The first-order valence-electron chi connectivity index (χ1n) is 4.41. The van der Waals surface area contributed by atoms with Crippen LogP contribution in [0.5, 0.6) is 0 Å². The minimum absolute atomic E-state index is 0.387. The fraction of sp³-hybridized carbons (Fsp3) is 0.100. The molecule has 0 bridgehead atoms. The molecule has 0 aromatic carbocycles. The van der Waals surface area contributed by atoms with E-state index >= 15 is 0 Å². The molecule has 0 radical (unpaired) electrons. The van der Waals surface area contributed by atoms with Crippen LogP contribution in [0.2, 0.25) is 5.15 Å². The summed E-state index contributed by atoms with van der Waals surface area (Å²) in [5, 5.41) is 4.52. The van der Waals surface area contributed by atoms with E-state index in [-0.39, 0.29) is 0 Å². The van der Waals surface area contributed by atoms with E-state index in [0.717, 1.165) is 11.8 Å². The summed E-state index contributed by atoms with van der Waals surface area (Å²) in [4.78, 5) is 14.3. The predicted octanol–water partition coefficient (Wildman–Crippen LogP) is 1.98. The maximum atomic E-state index is 10.1. The molecule has 2 rings (SSSR count). The van der Waals surface area contributed by atoms with Crippen LogP contribution in [0.15, 0.2) is 24.5 Å². The van der Waals surface area contributed by atoms with E-state index < -0.39 is 0 Å². The number of hydrogen-bond acceptors (Lipinski definition) is 3. The van der Waals surface area contributed by atoms with Crippen LogP contribution in [0.4, 0.5) is 0 Å². The minimum atomic E-state index is 0.387. The largest absolute Gasteiger partial charge is 0.303 e. The van der Waals surface area contributed by atoms with Crippen molar-refractivity contribution in [3.8, 4) is 0 Å². The second-order valence-corrected chi connectivity index (χ2v) is 3.31. The van der Waals surface area contributed by atoms with Gasteiger partial charge in [0, 0.05) is 18.2 Å². The van der Waals surface area contributed by atoms with Crippen LogP contribution >= 0.6 is 11.6 Å².